The first kappa shape index (κ1) is 29.2. The van der Waals surface area contributed by atoms with Crippen LogP contribution in [0, 0.1) is 17.2 Å². The number of phenols is 1. The van der Waals surface area contributed by atoms with Crippen molar-refractivity contribution in [2.75, 3.05) is 41.3 Å². The van der Waals surface area contributed by atoms with E-state index in [4.69, 9.17) is 16.0 Å². The number of carbonyl (C=O) groups excluding carboxylic acids is 2. The molecule has 0 radical (unpaired) electrons. The summed E-state index contributed by atoms with van der Waals surface area (Å²) in [5.74, 6) is -4.98. The maximum Gasteiger partial charge on any atom is 0.254 e. The maximum absolute atomic E-state index is 14.0. The number of nitrogens with zero attached hydrogens (tertiary/aromatic N) is 3. The van der Waals surface area contributed by atoms with Crippen LogP contribution in [0.5, 0.6) is 5.75 Å². The van der Waals surface area contributed by atoms with Gasteiger partial charge in [-0.25, -0.2) is 0 Å². The van der Waals surface area contributed by atoms with E-state index in [2.05, 4.69) is 5.16 Å². The van der Waals surface area contributed by atoms with Crippen LogP contribution in [-0.2, 0) is 20.8 Å². The van der Waals surface area contributed by atoms with Gasteiger partial charge in [-0.3, -0.25) is 14.5 Å². The molecule has 0 unspecified atom stereocenters. The number of nitrogens with one attached hydrogen (secondary N) is 1. The molecule has 1 amide bonds. The number of aliphatic hydroxyl groups is 3. The van der Waals surface area contributed by atoms with Gasteiger partial charge < -0.3 is 41.3 Å². The highest BCUT2D eigenvalue weighted by Gasteiger charge is 2.63. The van der Waals surface area contributed by atoms with Gasteiger partial charge >= 0.3 is 0 Å². The summed E-state index contributed by atoms with van der Waals surface area (Å²) >= 11 is 0. The molecule has 1 aromatic carbocycles. The molecule has 0 aromatic heterocycles. The predicted molar refractivity (Wildman–Crippen MR) is 148 cm³/mol. The lowest BCUT2D eigenvalue weighted by atomic mass is 9.56. The van der Waals surface area contributed by atoms with Crippen LogP contribution in [0.25, 0.3) is 5.76 Å². The fourth-order valence-electron chi connectivity index (χ4n) is 6.27. The van der Waals surface area contributed by atoms with E-state index in [0.717, 1.165) is 0 Å². The van der Waals surface area contributed by atoms with Gasteiger partial charge in [-0.05, 0) is 71.6 Å². The molecule has 1 aromatic rings. The molecule has 4 rings (SSSR count). The number of rotatable bonds is 8. The van der Waals surface area contributed by atoms with Crippen molar-refractivity contribution in [3.63, 3.8) is 0 Å². The number of amides is 1. The van der Waals surface area contributed by atoms with Gasteiger partial charge in [0.1, 0.15) is 29.4 Å². The number of Topliss-reactive ketones (excluding diaryl/α,β-unsaturated/α-hetero) is 1. The summed E-state index contributed by atoms with van der Waals surface area (Å²) in [6.45, 7) is 2.82. The van der Waals surface area contributed by atoms with Crippen molar-refractivity contribution in [3.8, 4) is 5.75 Å². The van der Waals surface area contributed by atoms with E-state index < -0.39 is 58.0 Å². The van der Waals surface area contributed by atoms with Crippen LogP contribution in [-0.4, -0.2) is 106 Å². The van der Waals surface area contributed by atoms with Crippen LogP contribution in [0.15, 0.2) is 34.2 Å². The maximum atomic E-state index is 14.0. The first-order chi connectivity index (χ1) is 18.8. The second-order valence-corrected chi connectivity index (χ2v) is 11.0. The molecule has 0 aliphatic heterocycles. The second-order valence-electron chi connectivity index (χ2n) is 11.0. The molecular weight excluding hydrogens is 518 g/mol. The zero-order chi connectivity index (χ0) is 29.7. The van der Waals surface area contributed by atoms with Crippen molar-refractivity contribution in [2.45, 2.75) is 37.8 Å². The number of fused-ring (bicyclic) bond motifs is 3. The van der Waals surface area contributed by atoms with Gasteiger partial charge in [0, 0.05) is 30.0 Å². The Kier molecular flexibility index (Phi) is 7.81. The third-order valence-electron chi connectivity index (χ3n) is 8.07. The van der Waals surface area contributed by atoms with Crippen LogP contribution >= 0.6 is 0 Å². The third kappa shape index (κ3) is 4.45. The second kappa shape index (κ2) is 10.7. The SMILES string of the molecule is CCO/N=C(/CCN(C)C)c1ccc(O)c2c1C[C@H]1C[C@H]3[C@@H](N(C)C)C(O)=C(C(N)=O)C(=N)[C@@]3(O)C(=O)C1=C2O. The number of hydrogen-bond acceptors (Lipinski definition) is 11. The largest absolute Gasteiger partial charge is 0.510 e. The van der Waals surface area contributed by atoms with Crippen molar-refractivity contribution >= 4 is 28.9 Å². The highest BCUT2D eigenvalue weighted by Crippen LogP contribution is 2.52. The van der Waals surface area contributed by atoms with E-state index in [1.807, 2.05) is 25.9 Å². The number of carbonyl (C=O) groups is 2. The van der Waals surface area contributed by atoms with Gasteiger partial charge in [0.25, 0.3) is 5.91 Å². The monoisotopic (exact) mass is 555 g/mol. The summed E-state index contributed by atoms with van der Waals surface area (Å²) < 4.78 is 0. The molecule has 12 heteroatoms. The van der Waals surface area contributed by atoms with Crippen LogP contribution < -0.4 is 5.73 Å². The number of benzene rings is 1. The zero-order valence-corrected chi connectivity index (χ0v) is 23.4. The molecule has 0 spiro atoms. The van der Waals surface area contributed by atoms with Crippen LogP contribution in [0.4, 0.5) is 0 Å². The first-order valence-corrected chi connectivity index (χ1v) is 13.1. The number of hydrogen-bond donors (Lipinski definition) is 6. The molecule has 216 valence electrons. The Morgan fingerprint density at radius 2 is 1.90 bits per heavy atom. The van der Waals surface area contributed by atoms with E-state index in [1.54, 1.807) is 25.1 Å². The van der Waals surface area contributed by atoms with Crippen molar-refractivity contribution in [2.24, 2.45) is 22.7 Å². The number of nitrogens with two attached hydrogens (primary N) is 1. The molecule has 0 bridgehead atoms. The third-order valence-corrected chi connectivity index (χ3v) is 8.07. The lowest BCUT2D eigenvalue weighted by Crippen LogP contribution is -2.67. The molecule has 4 atom stereocenters. The summed E-state index contributed by atoms with van der Waals surface area (Å²) in [4.78, 5) is 35.1. The summed E-state index contributed by atoms with van der Waals surface area (Å²) in [5, 5.41) is 58.0. The normalized spacial score (nSPS) is 26.7. The summed E-state index contributed by atoms with van der Waals surface area (Å²) in [7, 11) is 7.10. The minimum Gasteiger partial charge on any atom is -0.510 e. The van der Waals surface area contributed by atoms with Gasteiger partial charge in [0.15, 0.2) is 5.60 Å². The Bertz CT molecular complexity index is 1360. The van der Waals surface area contributed by atoms with Gasteiger partial charge in [-0.1, -0.05) is 5.16 Å². The Morgan fingerprint density at radius 1 is 1.23 bits per heavy atom. The number of phenolic OH excluding ortho intramolecular Hbond substituents is 1. The van der Waals surface area contributed by atoms with E-state index in [-0.39, 0.29) is 29.7 Å². The van der Waals surface area contributed by atoms with Crippen LogP contribution in [0.3, 0.4) is 0 Å². The molecule has 3 aliphatic carbocycles. The molecule has 1 saturated carbocycles. The standard InChI is InChI=1S/C28H37N5O7/c1-6-40-31-17(9-10-32(2)3)14-7-8-18(34)20-15(14)11-13-12-16-22(33(4)5)24(36)21(27(30)38)25(29)28(16,39)26(37)19(13)23(20)35/h7-8,13,16,22,29,34-36,39H,6,9-12H2,1-5H3,(H2,30,38)/b29-25?,31-17-/t13-,16-,22+,28+/m0/s1. The number of likely N-dealkylation sites (N-methyl/N-ethyl adjacent to an activating group) is 1. The van der Waals surface area contributed by atoms with Gasteiger partial charge in [0.2, 0.25) is 5.78 Å². The van der Waals surface area contributed by atoms with E-state index >= 15 is 0 Å². The van der Waals surface area contributed by atoms with Crippen molar-refractivity contribution < 1.29 is 34.9 Å². The number of aliphatic hydroxyl groups excluding tert-OH is 2. The Hall–Kier alpha value is -3.74. The minimum atomic E-state index is -2.52. The number of oxime groups is 1. The summed E-state index contributed by atoms with van der Waals surface area (Å²) in [6, 6.07) is 2.12. The molecule has 1 fully saturated rings. The van der Waals surface area contributed by atoms with Gasteiger partial charge in [-0.15, -0.1) is 0 Å². The van der Waals surface area contributed by atoms with E-state index in [9.17, 15) is 30.0 Å². The molecule has 3 aliphatic rings. The molecule has 12 nitrogen and oxygen atoms in total. The van der Waals surface area contributed by atoms with Crippen LogP contribution in [0.1, 0.15) is 36.5 Å². The quantitative estimate of drug-likeness (QED) is 0.201. The predicted octanol–water partition coefficient (Wildman–Crippen LogP) is 1.11. The Balaban J connectivity index is 1.91. The Labute approximate surface area is 232 Å². The zero-order valence-electron chi connectivity index (χ0n) is 23.4. The molecule has 40 heavy (non-hydrogen) atoms. The van der Waals surface area contributed by atoms with Crippen molar-refractivity contribution in [1.29, 1.82) is 5.41 Å². The molecule has 0 heterocycles. The molecule has 0 saturated heterocycles. The topological polar surface area (TPSA) is 193 Å². The van der Waals surface area contributed by atoms with Crippen molar-refractivity contribution in [3.05, 3.63) is 45.7 Å². The fraction of sp³-hybridized carbons (Fsp3) is 0.500. The average Bonchev–Trinajstić information content (AvgIpc) is 2.86. The van der Waals surface area contributed by atoms with Gasteiger partial charge in [0.05, 0.1) is 23.0 Å². The van der Waals surface area contributed by atoms with E-state index in [0.29, 0.717) is 36.4 Å². The van der Waals surface area contributed by atoms with Crippen molar-refractivity contribution in [1.82, 2.24) is 9.80 Å². The average molecular weight is 556 g/mol. The minimum absolute atomic E-state index is 0.0493. The Morgan fingerprint density at radius 3 is 2.48 bits per heavy atom. The van der Waals surface area contributed by atoms with Crippen LogP contribution in [0.2, 0.25) is 0 Å². The number of aromatic hydroxyl groups is 1. The lowest BCUT2D eigenvalue weighted by Gasteiger charge is -2.51. The van der Waals surface area contributed by atoms with Gasteiger partial charge in [-0.2, -0.15) is 0 Å². The smallest absolute Gasteiger partial charge is 0.254 e. The number of ketones is 1. The number of primary amides is 1. The fourth-order valence-corrected chi connectivity index (χ4v) is 6.27. The first-order valence-electron chi connectivity index (χ1n) is 13.1. The molecule has 7 N–H and O–H groups in total. The highest BCUT2D eigenvalue weighted by atomic mass is 16.6. The highest BCUT2D eigenvalue weighted by molar-refractivity contribution is 6.34. The summed E-state index contributed by atoms with van der Waals surface area (Å²) in [6.07, 6.45) is 0.819. The van der Waals surface area contributed by atoms with E-state index in [1.165, 1.54) is 6.07 Å². The summed E-state index contributed by atoms with van der Waals surface area (Å²) in [5.41, 5.74) is 3.25. The molecular formula is C28H37N5O7. The lowest BCUT2D eigenvalue weighted by molar-refractivity contribution is -0.138.